The molecule has 0 radical (unpaired) electrons. The average molecular weight is 334 g/mol. The molecule has 0 bridgehead atoms. The van der Waals surface area contributed by atoms with E-state index in [2.05, 4.69) is 5.32 Å². The van der Waals surface area contributed by atoms with Crippen LogP contribution in [0.15, 0.2) is 35.5 Å². The van der Waals surface area contributed by atoms with Crippen LogP contribution >= 0.6 is 11.6 Å². The molecule has 1 aliphatic carbocycles. The minimum atomic E-state index is -0.320. The normalized spacial score (nSPS) is 22.2. The van der Waals surface area contributed by atoms with Crippen LogP contribution < -0.4 is 5.32 Å². The van der Waals surface area contributed by atoms with Crippen molar-refractivity contribution in [3.8, 4) is 0 Å². The van der Waals surface area contributed by atoms with Gasteiger partial charge in [-0.1, -0.05) is 23.7 Å². The summed E-state index contributed by atoms with van der Waals surface area (Å²) in [7, 11) is 0. The molecule has 0 saturated heterocycles. The van der Waals surface area contributed by atoms with Crippen molar-refractivity contribution in [3.63, 3.8) is 0 Å². The van der Waals surface area contributed by atoms with E-state index in [0.717, 1.165) is 31.2 Å². The van der Waals surface area contributed by atoms with Crippen molar-refractivity contribution >= 4 is 23.5 Å². The van der Waals surface area contributed by atoms with Gasteiger partial charge in [0.2, 0.25) is 5.91 Å². The van der Waals surface area contributed by atoms with Crippen LogP contribution in [0.1, 0.15) is 50.5 Å². The molecule has 1 saturated carbocycles. The Morgan fingerprint density at radius 2 is 2.04 bits per heavy atom. The SMILES string of the molecule is CC1=C(C(=O)OC2CCCC2)[C@@H](c2cccc(Cl)c2)CC(=O)N1. The minimum absolute atomic E-state index is 0.000407. The van der Waals surface area contributed by atoms with E-state index in [1.165, 1.54) is 0 Å². The minimum Gasteiger partial charge on any atom is -0.459 e. The maximum absolute atomic E-state index is 12.7. The molecule has 1 aromatic rings. The lowest BCUT2D eigenvalue weighted by Gasteiger charge is -2.27. The lowest BCUT2D eigenvalue weighted by Crippen LogP contribution is -2.35. The quantitative estimate of drug-likeness (QED) is 0.858. The molecule has 1 aromatic carbocycles. The van der Waals surface area contributed by atoms with Gasteiger partial charge in [0.05, 0.1) is 5.57 Å². The maximum atomic E-state index is 12.7. The van der Waals surface area contributed by atoms with E-state index in [1.807, 2.05) is 12.1 Å². The van der Waals surface area contributed by atoms with Gasteiger partial charge in [0.25, 0.3) is 0 Å². The molecule has 0 spiro atoms. The fourth-order valence-corrected chi connectivity index (χ4v) is 3.60. The average Bonchev–Trinajstić information content (AvgIpc) is 2.99. The molecule has 1 aliphatic heterocycles. The lowest BCUT2D eigenvalue weighted by molar-refractivity contribution is -0.144. The van der Waals surface area contributed by atoms with Crippen LogP contribution in [0.4, 0.5) is 0 Å². The molecule has 0 aromatic heterocycles. The summed E-state index contributed by atoms with van der Waals surface area (Å²) in [4.78, 5) is 24.6. The summed E-state index contributed by atoms with van der Waals surface area (Å²) in [6.45, 7) is 1.75. The highest BCUT2D eigenvalue weighted by Crippen LogP contribution is 2.35. The molecule has 122 valence electrons. The lowest BCUT2D eigenvalue weighted by atomic mass is 9.84. The van der Waals surface area contributed by atoms with Crippen LogP contribution in [0.2, 0.25) is 5.02 Å². The van der Waals surface area contributed by atoms with Gasteiger partial charge in [0, 0.05) is 23.1 Å². The fraction of sp³-hybridized carbons (Fsp3) is 0.444. The molecule has 4 nitrogen and oxygen atoms in total. The summed E-state index contributed by atoms with van der Waals surface area (Å²) < 4.78 is 5.66. The standard InChI is InChI=1S/C18H20ClNO3/c1-11-17(18(22)23-14-7-2-3-8-14)15(10-16(21)20-11)12-5-4-6-13(19)9-12/h4-6,9,14-15H,2-3,7-8,10H2,1H3,(H,20,21)/t15-/m1/s1. The van der Waals surface area contributed by atoms with Gasteiger partial charge in [-0.2, -0.15) is 0 Å². The topological polar surface area (TPSA) is 55.4 Å². The van der Waals surface area contributed by atoms with Crippen molar-refractivity contribution in [2.75, 3.05) is 0 Å². The van der Waals surface area contributed by atoms with Gasteiger partial charge in [-0.05, 0) is 50.3 Å². The van der Waals surface area contributed by atoms with Gasteiger partial charge in [-0.25, -0.2) is 4.79 Å². The van der Waals surface area contributed by atoms with Crippen LogP contribution in [-0.2, 0) is 14.3 Å². The Morgan fingerprint density at radius 1 is 1.30 bits per heavy atom. The first-order valence-electron chi connectivity index (χ1n) is 8.01. The Labute approximate surface area is 140 Å². The van der Waals surface area contributed by atoms with Crippen molar-refractivity contribution < 1.29 is 14.3 Å². The highest BCUT2D eigenvalue weighted by molar-refractivity contribution is 6.30. The van der Waals surface area contributed by atoms with E-state index >= 15 is 0 Å². The number of carbonyl (C=O) groups excluding carboxylic acids is 2. The largest absolute Gasteiger partial charge is 0.459 e. The number of nitrogens with one attached hydrogen (secondary N) is 1. The number of esters is 1. The van der Waals surface area contributed by atoms with Gasteiger partial charge < -0.3 is 10.1 Å². The third-order valence-corrected chi connectivity index (χ3v) is 4.75. The van der Waals surface area contributed by atoms with Crippen LogP contribution in [0.3, 0.4) is 0 Å². The summed E-state index contributed by atoms with van der Waals surface area (Å²) in [6, 6.07) is 7.31. The van der Waals surface area contributed by atoms with E-state index < -0.39 is 0 Å². The van der Waals surface area contributed by atoms with E-state index in [1.54, 1.807) is 19.1 Å². The third kappa shape index (κ3) is 3.58. The van der Waals surface area contributed by atoms with Crippen molar-refractivity contribution in [1.29, 1.82) is 0 Å². The first-order valence-corrected chi connectivity index (χ1v) is 8.39. The predicted octanol–water partition coefficient (Wildman–Crippen LogP) is 3.70. The van der Waals surface area contributed by atoms with Gasteiger partial charge in [-0.15, -0.1) is 0 Å². The first-order chi connectivity index (χ1) is 11.0. The second-order valence-electron chi connectivity index (χ2n) is 6.21. The summed E-state index contributed by atoms with van der Waals surface area (Å²) in [5.74, 6) is -0.722. The summed E-state index contributed by atoms with van der Waals surface area (Å²) in [5.41, 5.74) is 1.98. The van der Waals surface area contributed by atoms with Crippen LogP contribution in [0, 0.1) is 0 Å². The van der Waals surface area contributed by atoms with E-state index in [-0.39, 0.29) is 30.3 Å². The molecule has 5 heteroatoms. The molecule has 1 N–H and O–H groups in total. The molecule has 0 unspecified atom stereocenters. The molecule has 1 amide bonds. The zero-order valence-corrected chi connectivity index (χ0v) is 13.9. The Morgan fingerprint density at radius 3 is 2.74 bits per heavy atom. The van der Waals surface area contributed by atoms with E-state index in [4.69, 9.17) is 16.3 Å². The van der Waals surface area contributed by atoms with Gasteiger partial charge in [0.15, 0.2) is 0 Å². The first kappa shape index (κ1) is 16.1. The Bertz CT molecular complexity index is 662. The number of allylic oxidation sites excluding steroid dienone is 1. The molecule has 1 atom stereocenters. The van der Waals surface area contributed by atoms with Gasteiger partial charge in [0.1, 0.15) is 6.10 Å². The smallest absolute Gasteiger partial charge is 0.336 e. The van der Waals surface area contributed by atoms with Gasteiger partial charge in [-0.3, -0.25) is 4.79 Å². The van der Waals surface area contributed by atoms with E-state index in [9.17, 15) is 9.59 Å². The van der Waals surface area contributed by atoms with Crippen LogP contribution in [0.5, 0.6) is 0 Å². The molecule has 1 heterocycles. The predicted molar refractivity (Wildman–Crippen MR) is 88.0 cm³/mol. The highest BCUT2D eigenvalue weighted by Gasteiger charge is 2.34. The Balaban J connectivity index is 1.90. The zero-order chi connectivity index (χ0) is 16.4. The number of amides is 1. The highest BCUT2D eigenvalue weighted by atomic mass is 35.5. The summed E-state index contributed by atoms with van der Waals surface area (Å²) in [5, 5.41) is 3.35. The van der Waals surface area contributed by atoms with Crippen LogP contribution in [-0.4, -0.2) is 18.0 Å². The molecular formula is C18H20ClNO3. The number of carbonyl (C=O) groups is 2. The number of hydrogen-bond acceptors (Lipinski definition) is 3. The van der Waals surface area contributed by atoms with Crippen molar-refractivity contribution in [3.05, 3.63) is 46.1 Å². The molecule has 23 heavy (non-hydrogen) atoms. The Kier molecular flexibility index (Phi) is 4.71. The molecule has 1 fully saturated rings. The number of halogens is 1. The molecule has 3 rings (SSSR count). The number of hydrogen-bond donors (Lipinski definition) is 1. The third-order valence-electron chi connectivity index (χ3n) is 4.52. The number of benzene rings is 1. The zero-order valence-electron chi connectivity index (χ0n) is 13.1. The number of rotatable bonds is 3. The van der Waals surface area contributed by atoms with Crippen LogP contribution in [0.25, 0.3) is 0 Å². The Hall–Kier alpha value is -1.81. The molecular weight excluding hydrogens is 314 g/mol. The van der Waals surface area contributed by atoms with Crippen molar-refractivity contribution in [2.45, 2.75) is 51.0 Å². The summed E-state index contributed by atoms with van der Waals surface area (Å²) in [6.07, 6.45) is 4.28. The fourth-order valence-electron chi connectivity index (χ4n) is 3.40. The summed E-state index contributed by atoms with van der Waals surface area (Å²) >= 11 is 6.07. The second-order valence-corrected chi connectivity index (χ2v) is 6.65. The van der Waals surface area contributed by atoms with E-state index in [0.29, 0.717) is 16.3 Å². The second kappa shape index (κ2) is 6.75. The number of ether oxygens (including phenoxy) is 1. The van der Waals surface area contributed by atoms with Crippen molar-refractivity contribution in [2.24, 2.45) is 0 Å². The van der Waals surface area contributed by atoms with Crippen molar-refractivity contribution in [1.82, 2.24) is 5.32 Å². The monoisotopic (exact) mass is 333 g/mol. The van der Waals surface area contributed by atoms with Gasteiger partial charge >= 0.3 is 5.97 Å². The molecule has 2 aliphatic rings. The maximum Gasteiger partial charge on any atom is 0.336 e.